The maximum Gasteiger partial charge on any atom is 0.324 e. The average molecular weight is 348 g/mol. The minimum atomic E-state index is -0.276. The van der Waals surface area contributed by atoms with Crippen molar-refractivity contribution < 1.29 is 14.1 Å². The van der Waals surface area contributed by atoms with Crippen LogP contribution in [0.2, 0.25) is 0 Å². The van der Waals surface area contributed by atoms with Crippen LogP contribution in [-0.4, -0.2) is 82.6 Å². The third kappa shape index (κ3) is 3.67. The highest BCUT2D eigenvalue weighted by atomic mass is 16.5. The molecular weight excluding hydrogens is 324 g/mol. The summed E-state index contributed by atoms with van der Waals surface area (Å²) < 4.78 is 5.31. The van der Waals surface area contributed by atoms with Crippen molar-refractivity contribution in [1.82, 2.24) is 30.2 Å². The molecule has 4 rings (SSSR count). The van der Waals surface area contributed by atoms with Crippen molar-refractivity contribution in [3.63, 3.8) is 0 Å². The first kappa shape index (κ1) is 16.5. The van der Waals surface area contributed by atoms with Crippen molar-refractivity contribution >= 4 is 11.9 Å². The van der Waals surface area contributed by atoms with Crippen LogP contribution in [0.4, 0.5) is 4.79 Å². The fourth-order valence-electron chi connectivity index (χ4n) is 3.48. The molecule has 1 atom stereocenters. The zero-order valence-electron chi connectivity index (χ0n) is 14.5. The van der Waals surface area contributed by atoms with Crippen molar-refractivity contribution in [2.75, 3.05) is 39.8 Å². The van der Waals surface area contributed by atoms with Crippen molar-refractivity contribution in [2.24, 2.45) is 0 Å². The molecule has 9 nitrogen and oxygen atoms in total. The minimum Gasteiger partial charge on any atom is -0.339 e. The smallest absolute Gasteiger partial charge is 0.324 e. The number of carbonyl (C=O) groups excluding carboxylic acids is 2. The molecule has 0 bridgehead atoms. The Morgan fingerprint density at radius 1 is 1.36 bits per heavy atom. The summed E-state index contributed by atoms with van der Waals surface area (Å²) in [5.74, 6) is 1.85. The SMILES string of the molecule is CN(Cc1noc(C2CC2)n1)C1CCN(CC(=O)N2CCNC2=O)C1. The number of aromatic nitrogens is 2. The first-order chi connectivity index (χ1) is 12.1. The zero-order chi connectivity index (χ0) is 17.4. The van der Waals surface area contributed by atoms with Gasteiger partial charge in [-0.05, 0) is 26.3 Å². The number of likely N-dealkylation sites (tertiary alicyclic amines) is 1. The number of nitrogens with one attached hydrogen (secondary N) is 1. The molecule has 25 heavy (non-hydrogen) atoms. The maximum atomic E-state index is 12.2. The van der Waals surface area contributed by atoms with E-state index in [1.54, 1.807) is 0 Å². The number of rotatable bonds is 6. The summed E-state index contributed by atoms with van der Waals surface area (Å²) in [4.78, 5) is 33.9. The van der Waals surface area contributed by atoms with Crippen LogP contribution in [0.3, 0.4) is 0 Å². The van der Waals surface area contributed by atoms with Crippen molar-refractivity contribution in [2.45, 2.75) is 37.8 Å². The van der Waals surface area contributed by atoms with E-state index in [4.69, 9.17) is 4.52 Å². The minimum absolute atomic E-state index is 0.120. The van der Waals surface area contributed by atoms with Gasteiger partial charge in [-0.1, -0.05) is 5.16 Å². The highest BCUT2D eigenvalue weighted by molar-refractivity contribution is 5.96. The molecule has 3 heterocycles. The first-order valence-corrected chi connectivity index (χ1v) is 8.93. The lowest BCUT2D eigenvalue weighted by atomic mass is 10.2. The summed E-state index contributed by atoms with van der Waals surface area (Å²) in [6, 6.07) is 0.0736. The molecule has 1 aromatic heterocycles. The summed E-state index contributed by atoms with van der Waals surface area (Å²) in [6.45, 7) is 3.63. The molecule has 136 valence electrons. The summed E-state index contributed by atoms with van der Waals surface area (Å²) >= 11 is 0. The molecule has 1 saturated carbocycles. The Morgan fingerprint density at radius 3 is 2.92 bits per heavy atom. The van der Waals surface area contributed by atoms with Gasteiger partial charge in [0.15, 0.2) is 5.82 Å². The van der Waals surface area contributed by atoms with Gasteiger partial charge in [-0.2, -0.15) is 4.98 Å². The van der Waals surface area contributed by atoms with Crippen molar-refractivity contribution in [1.29, 1.82) is 0 Å². The van der Waals surface area contributed by atoms with Gasteiger partial charge in [0, 0.05) is 38.1 Å². The number of urea groups is 1. The highest BCUT2D eigenvalue weighted by Crippen LogP contribution is 2.38. The van der Waals surface area contributed by atoms with Gasteiger partial charge < -0.3 is 9.84 Å². The van der Waals surface area contributed by atoms with Crippen LogP contribution < -0.4 is 5.32 Å². The van der Waals surface area contributed by atoms with Gasteiger partial charge in [-0.25, -0.2) is 4.79 Å². The Kier molecular flexibility index (Phi) is 4.43. The molecule has 1 aromatic rings. The second-order valence-corrected chi connectivity index (χ2v) is 7.19. The number of imide groups is 1. The molecule has 1 aliphatic carbocycles. The van der Waals surface area contributed by atoms with Crippen LogP contribution in [0.15, 0.2) is 4.52 Å². The van der Waals surface area contributed by atoms with Gasteiger partial charge in [0.25, 0.3) is 0 Å². The number of likely N-dealkylation sites (N-methyl/N-ethyl adjacent to an activating group) is 1. The lowest BCUT2D eigenvalue weighted by molar-refractivity contribution is -0.128. The molecule has 3 amide bonds. The first-order valence-electron chi connectivity index (χ1n) is 8.93. The molecule has 9 heteroatoms. The molecule has 0 radical (unpaired) electrons. The van der Waals surface area contributed by atoms with E-state index in [2.05, 4.69) is 32.3 Å². The van der Waals surface area contributed by atoms with E-state index in [9.17, 15) is 9.59 Å². The molecular formula is C16H24N6O3. The molecule has 3 aliphatic rings. The average Bonchev–Trinajstić information content (AvgIpc) is 2.98. The number of carbonyl (C=O) groups is 2. The largest absolute Gasteiger partial charge is 0.339 e. The van der Waals surface area contributed by atoms with E-state index in [1.807, 2.05) is 0 Å². The van der Waals surface area contributed by atoms with Crippen LogP contribution in [0, 0.1) is 0 Å². The Morgan fingerprint density at radius 2 is 2.20 bits per heavy atom. The Hall–Kier alpha value is -2.00. The zero-order valence-corrected chi connectivity index (χ0v) is 14.5. The molecule has 0 spiro atoms. The normalized spacial score (nSPS) is 24.3. The Labute approximate surface area is 146 Å². The quantitative estimate of drug-likeness (QED) is 0.773. The van der Waals surface area contributed by atoms with Crippen molar-refractivity contribution in [3.05, 3.63) is 11.7 Å². The van der Waals surface area contributed by atoms with Crippen LogP contribution >= 0.6 is 0 Å². The molecule has 2 aliphatic heterocycles. The topological polar surface area (TPSA) is 94.8 Å². The third-order valence-corrected chi connectivity index (χ3v) is 5.19. The van der Waals surface area contributed by atoms with Crippen molar-refractivity contribution in [3.8, 4) is 0 Å². The molecule has 2 saturated heterocycles. The Bertz CT molecular complexity index is 658. The maximum absolute atomic E-state index is 12.2. The fraction of sp³-hybridized carbons (Fsp3) is 0.750. The lowest BCUT2D eigenvalue weighted by Crippen LogP contribution is -2.42. The van der Waals surface area contributed by atoms with Gasteiger partial charge in [-0.3, -0.25) is 19.5 Å². The monoisotopic (exact) mass is 348 g/mol. The second kappa shape index (κ2) is 6.72. The second-order valence-electron chi connectivity index (χ2n) is 7.19. The van der Waals surface area contributed by atoms with E-state index in [1.165, 1.54) is 4.90 Å². The lowest BCUT2D eigenvalue weighted by Gasteiger charge is -2.23. The standard InChI is InChI=1S/C16H24N6O3/c1-20(9-13-18-15(25-19-13)11-2-3-11)12-4-6-21(8-12)10-14(23)22-7-5-17-16(22)24/h11-12H,2-10H2,1H3,(H,17,24). The molecule has 3 fully saturated rings. The van der Waals surface area contributed by atoms with Crippen LogP contribution in [0.1, 0.15) is 36.9 Å². The van der Waals surface area contributed by atoms with Gasteiger partial charge in [0.2, 0.25) is 11.8 Å². The summed E-state index contributed by atoms with van der Waals surface area (Å²) in [7, 11) is 2.05. The molecule has 0 aromatic carbocycles. The Balaban J connectivity index is 1.26. The van der Waals surface area contributed by atoms with Crippen LogP contribution in [-0.2, 0) is 11.3 Å². The van der Waals surface area contributed by atoms with E-state index < -0.39 is 0 Å². The van der Waals surface area contributed by atoms with E-state index in [0.29, 0.717) is 38.1 Å². The van der Waals surface area contributed by atoms with Gasteiger partial charge in [0.1, 0.15) is 0 Å². The van der Waals surface area contributed by atoms with Gasteiger partial charge in [0.05, 0.1) is 13.1 Å². The fourth-order valence-corrected chi connectivity index (χ4v) is 3.48. The van der Waals surface area contributed by atoms with Crippen LogP contribution in [0.25, 0.3) is 0 Å². The molecule has 1 unspecified atom stereocenters. The van der Waals surface area contributed by atoms with E-state index in [0.717, 1.165) is 44.1 Å². The van der Waals surface area contributed by atoms with Gasteiger partial charge in [-0.15, -0.1) is 0 Å². The number of amides is 3. The number of hydrogen-bond acceptors (Lipinski definition) is 7. The molecule has 1 N–H and O–H groups in total. The number of nitrogens with zero attached hydrogens (tertiary/aromatic N) is 5. The van der Waals surface area contributed by atoms with Gasteiger partial charge >= 0.3 is 6.03 Å². The number of hydrogen-bond donors (Lipinski definition) is 1. The third-order valence-electron chi connectivity index (χ3n) is 5.19. The summed E-state index contributed by atoms with van der Waals surface area (Å²) in [5.41, 5.74) is 0. The summed E-state index contributed by atoms with van der Waals surface area (Å²) in [5, 5.41) is 6.73. The predicted molar refractivity (Wildman–Crippen MR) is 87.7 cm³/mol. The van der Waals surface area contributed by atoms with E-state index >= 15 is 0 Å². The summed E-state index contributed by atoms with van der Waals surface area (Å²) in [6.07, 6.45) is 3.29. The highest BCUT2D eigenvalue weighted by Gasteiger charge is 2.33. The predicted octanol–water partition coefficient (Wildman–Crippen LogP) is 0.00490. The van der Waals surface area contributed by atoms with Crippen LogP contribution in [0.5, 0.6) is 0 Å². The van der Waals surface area contributed by atoms with E-state index in [-0.39, 0.29) is 11.9 Å².